The van der Waals surface area contributed by atoms with Gasteiger partial charge in [0, 0.05) is 18.2 Å². The average Bonchev–Trinajstić information content (AvgIpc) is 3.58. The van der Waals surface area contributed by atoms with Gasteiger partial charge in [-0.3, -0.25) is 0 Å². The first-order chi connectivity index (χ1) is 22.9. The number of methoxy groups -OCH3 is 1. The lowest BCUT2D eigenvalue weighted by molar-refractivity contribution is -0.0141. The number of rotatable bonds is 8. The van der Waals surface area contributed by atoms with Crippen molar-refractivity contribution >= 4 is 18.7 Å². The predicted octanol–water partition coefficient (Wildman–Crippen LogP) is 9.17. The van der Waals surface area contributed by atoms with Crippen LogP contribution < -0.4 is 14.8 Å². The molecule has 1 aliphatic carbocycles. The number of oxazole rings is 1. The molecule has 7 rings (SSSR count). The molecule has 0 aliphatic heterocycles. The van der Waals surface area contributed by atoms with Crippen molar-refractivity contribution in [2.75, 3.05) is 7.11 Å². The molecule has 0 N–H and O–H groups in total. The quantitative estimate of drug-likeness (QED) is 0.157. The number of aromatic nitrogens is 1. The minimum absolute atomic E-state index is 0.164. The molecule has 1 atom stereocenters. The smallest absolute Gasteiger partial charge is 0.319 e. The van der Waals surface area contributed by atoms with E-state index < -0.39 is 13.9 Å². The van der Waals surface area contributed by atoms with E-state index in [2.05, 4.69) is 124 Å². The van der Waals surface area contributed by atoms with Crippen molar-refractivity contribution < 1.29 is 13.6 Å². The summed E-state index contributed by atoms with van der Waals surface area (Å²) in [6.45, 7) is 6.95. The van der Waals surface area contributed by atoms with Crippen LogP contribution in [0.3, 0.4) is 0 Å². The number of hydrogen-bond donors (Lipinski definition) is 0. The zero-order valence-electron chi connectivity index (χ0n) is 27.6. The number of ether oxygens (including phenoxy) is 1. The minimum atomic E-state index is -2.86. The number of benzene rings is 5. The lowest BCUT2D eigenvalue weighted by Crippen LogP contribution is -2.69. The first kappa shape index (κ1) is 30.9. The molecule has 1 heterocycles. The van der Waals surface area contributed by atoms with Gasteiger partial charge in [-0.05, 0) is 51.9 Å². The number of nitrogens with zero attached hydrogens (tertiary/aromatic N) is 1. The molecule has 0 radical (unpaired) electrons. The molecule has 6 aromatic rings. The van der Waals surface area contributed by atoms with Crippen molar-refractivity contribution in [3.05, 3.63) is 157 Å². The fraction of sp³-hybridized carbons (Fsp3) is 0.214. The number of hydrogen-bond acceptors (Lipinski definition) is 4. The molecule has 47 heavy (non-hydrogen) atoms. The molecule has 4 nitrogen and oxygen atoms in total. The second kappa shape index (κ2) is 12.5. The van der Waals surface area contributed by atoms with E-state index >= 15 is 0 Å². The summed E-state index contributed by atoms with van der Waals surface area (Å²) in [5.74, 6) is 2.23. The van der Waals surface area contributed by atoms with E-state index in [0.29, 0.717) is 5.89 Å². The second-order valence-corrected chi connectivity index (χ2v) is 17.6. The summed E-state index contributed by atoms with van der Waals surface area (Å²) in [5.41, 5.74) is 4.16. The van der Waals surface area contributed by atoms with Crippen molar-refractivity contribution in [2.24, 2.45) is 0 Å². The van der Waals surface area contributed by atoms with Crippen molar-refractivity contribution in [1.29, 1.82) is 0 Å². The molecule has 0 bridgehead atoms. The van der Waals surface area contributed by atoms with Gasteiger partial charge in [-0.15, -0.1) is 0 Å². The van der Waals surface area contributed by atoms with Crippen molar-refractivity contribution in [1.82, 2.24) is 4.98 Å². The molecule has 0 unspecified atom stereocenters. The van der Waals surface area contributed by atoms with E-state index in [1.165, 1.54) is 10.4 Å². The summed E-state index contributed by atoms with van der Waals surface area (Å²) < 4.78 is 21.0. The van der Waals surface area contributed by atoms with Gasteiger partial charge in [-0.25, -0.2) is 4.98 Å². The van der Waals surface area contributed by atoms with Crippen LogP contribution in [0.1, 0.15) is 50.6 Å². The molecular formula is C42H41NO3Si. The minimum Gasteiger partial charge on any atom is -0.534 e. The van der Waals surface area contributed by atoms with Gasteiger partial charge < -0.3 is 13.6 Å². The van der Waals surface area contributed by atoms with Crippen LogP contribution in [0.5, 0.6) is 5.75 Å². The Morgan fingerprint density at radius 2 is 1.23 bits per heavy atom. The van der Waals surface area contributed by atoms with Crippen LogP contribution in [0.4, 0.5) is 0 Å². The van der Waals surface area contributed by atoms with Crippen LogP contribution in [0.2, 0.25) is 5.04 Å². The standard InChI is InChI=1S/C42H41NO3Si/c1-41(2,3)47(33-23-13-7-14-24-33,34-25-15-8-16-26-34)46-37-29-17-28-36-35(37)27-18-30-42(36,44-4)40-43-38(31-19-9-5-10-20-31)39(45-40)32-21-11-6-12-22-32/h5-17,19-26,28-29H,18,27,30H2,1-4H3/t42-/m0/s1. The summed E-state index contributed by atoms with van der Waals surface area (Å²) in [4.78, 5) is 5.24. The molecule has 5 aromatic carbocycles. The summed E-state index contributed by atoms with van der Waals surface area (Å²) in [7, 11) is -1.08. The van der Waals surface area contributed by atoms with Gasteiger partial charge in [0.2, 0.25) is 5.89 Å². The van der Waals surface area contributed by atoms with Gasteiger partial charge in [0.15, 0.2) is 11.4 Å². The normalized spacial score (nSPS) is 16.4. The fourth-order valence-electron chi connectivity index (χ4n) is 7.35. The highest BCUT2D eigenvalue weighted by Crippen LogP contribution is 2.49. The summed E-state index contributed by atoms with van der Waals surface area (Å²) in [6, 6.07) is 48.5. The third kappa shape index (κ3) is 5.34. The SMILES string of the molecule is CO[C@@]1(c2nc(-c3ccccc3)c(-c3ccccc3)o2)CCCc2c(O[Si](c3ccccc3)(c3ccccc3)C(C)(C)C)cccc21. The molecule has 5 heteroatoms. The van der Waals surface area contributed by atoms with Gasteiger partial charge in [0.1, 0.15) is 11.4 Å². The van der Waals surface area contributed by atoms with Gasteiger partial charge in [0.25, 0.3) is 0 Å². The maximum Gasteiger partial charge on any atom is 0.319 e. The maximum atomic E-state index is 7.61. The van der Waals surface area contributed by atoms with Crippen LogP contribution in [-0.2, 0) is 16.8 Å². The third-order valence-corrected chi connectivity index (χ3v) is 14.5. The van der Waals surface area contributed by atoms with Gasteiger partial charge in [-0.2, -0.15) is 0 Å². The Hall–Kier alpha value is -4.71. The lowest BCUT2D eigenvalue weighted by atomic mass is 9.78. The van der Waals surface area contributed by atoms with Crippen molar-refractivity contribution in [3.8, 4) is 28.3 Å². The van der Waals surface area contributed by atoms with Gasteiger partial charge >= 0.3 is 8.32 Å². The van der Waals surface area contributed by atoms with E-state index in [0.717, 1.165) is 58.7 Å². The average molecular weight is 636 g/mol. The Bertz CT molecular complexity index is 1850. The Kier molecular flexibility index (Phi) is 8.21. The Morgan fingerprint density at radius 1 is 0.681 bits per heavy atom. The Labute approximate surface area is 279 Å². The summed E-state index contributed by atoms with van der Waals surface area (Å²) >= 11 is 0. The van der Waals surface area contributed by atoms with Crippen molar-refractivity contribution in [2.45, 2.75) is 50.7 Å². The van der Waals surface area contributed by atoms with Crippen molar-refractivity contribution in [3.63, 3.8) is 0 Å². The number of fused-ring (bicyclic) bond motifs is 1. The molecule has 0 amide bonds. The summed E-state index contributed by atoms with van der Waals surface area (Å²) in [6.07, 6.45) is 2.54. The Morgan fingerprint density at radius 3 is 1.79 bits per heavy atom. The molecule has 0 fully saturated rings. The van der Waals surface area contributed by atoms with Gasteiger partial charge in [0.05, 0.1) is 0 Å². The maximum absolute atomic E-state index is 7.61. The van der Waals surface area contributed by atoms with Crippen LogP contribution in [0.25, 0.3) is 22.6 Å². The fourth-order valence-corrected chi connectivity index (χ4v) is 11.8. The second-order valence-electron chi connectivity index (χ2n) is 13.4. The molecule has 0 saturated carbocycles. The molecule has 0 saturated heterocycles. The molecule has 0 spiro atoms. The van der Waals surface area contributed by atoms with E-state index in [1.807, 2.05) is 36.4 Å². The molecule has 1 aliphatic rings. The zero-order valence-corrected chi connectivity index (χ0v) is 28.6. The molecular weight excluding hydrogens is 595 g/mol. The highest BCUT2D eigenvalue weighted by atomic mass is 28.4. The topological polar surface area (TPSA) is 44.5 Å². The third-order valence-electron chi connectivity index (χ3n) is 9.61. The molecule has 1 aromatic heterocycles. The van der Waals surface area contributed by atoms with Gasteiger partial charge in [-0.1, -0.05) is 154 Å². The predicted molar refractivity (Wildman–Crippen MR) is 193 cm³/mol. The van der Waals surface area contributed by atoms with Crippen LogP contribution in [-0.4, -0.2) is 20.4 Å². The molecule has 236 valence electrons. The highest BCUT2D eigenvalue weighted by molar-refractivity contribution is 7.00. The lowest BCUT2D eigenvalue weighted by Gasteiger charge is -2.44. The summed E-state index contributed by atoms with van der Waals surface area (Å²) in [5, 5.41) is 2.33. The van der Waals surface area contributed by atoms with E-state index in [1.54, 1.807) is 7.11 Å². The first-order valence-electron chi connectivity index (χ1n) is 16.5. The van der Waals surface area contributed by atoms with E-state index in [9.17, 15) is 0 Å². The Balaban J connectivity index is 1.41. The van der Waals surface area contributed by atoms with Crippen LogP contribution in [0.15, 0.2) is 144 Å². The largest absolute Gasteiger partial charge is 0.534 e. The first-order valence-corrected chi connectivity index (χ1v) is 18.4. The monoisotopic (exact) mass is 635 g/mol. The highest BCUT2D eigenvalue weighted by Gasteiger charge is 2.53. The van der Waals surface area contributed by atoms with E-state index in [-0.39, 0.29) is 5.04 Å². The van der Waals surface area contributed by atoms with Crippen LogP contribution in [0, 0.1) is 0 Å². The van der Waals surface area contributed by atoms with Crippen LogP contribution >= 0.6 is 0 Å². The zero-order chi connectivity index (χ0) is 32.5. The van der Waals surface area contributed by atoms with E-state index in [4.69, 9.17) is 18.6 Å².